The molecule has 0 aliphatic rings. The molecule has 0 radical (unpaired) electrons. The molecule has 1 atom stereocenters. The molecule has 2 heteroatoms. The molecule has 2 rings (SSSR count). The van der Waals surface area contributed by atoms with Crippen LogP contribution in [0.5, 0.6) is 0 Å². The first kappa shape index (κ1) is 14.3. The lowest BCUT2D eigenvalue weighted by Crippen LogP contribution is -2.15. The third-order valence-electron chi connectivity index (χ3n) is 3.74. The van der Waals surface area contributed by atoms with Gasteiger partial charge in [0.1, 0.15) is 0 Å². The van der Waals surface area contributed by atoms with E-state index in [9.17, 15) is 0 Å². The Labute approximate surface area is 120 Å². The highest BCUT2D eigenvalue weighted by atomic mass is 32.1. The van der Waals surface area contributed by atoms with Crippen molar-refractivity contribution in [3.05, 3.63) is 56.8 Å². The number of benzene rings is 1. The second kappa shape index (κ2) is 6.36. The predicted molar refractivity (Wildman–Crippen MR) is 84.9 cm³/mol. The molecule has 2 N–H and O–H groups in total. The molecule has 0 bridgehead atoms. The number of hydrogen-bond donors (Lipinski definition) is 1. The van der Waals surface area contributed by atoms with Gasteiger partial charge in [0.25, 0.3) is 0 Å². The normalized spacial score (nSPS) is 12.6. The summed E-state index contributed by atoms with van der Waals surface area (Å²) in [7, 11) is 0. The molecule has 1 unspecified atom stereocenters. The first-order valence-corrected chi connectivity index (χ1v) is 8.02. The van der Waals surface area contributed by atoms with E-state index in [2.05, 4.69) is 50.4 Å². The molecule has 1 aromatic heterocycles. The Morgan fingerprint density at radius 1 is 1.05 bits per heavy atom. The Balaban J connectivity index is 2.54. The first-order chi connectivity index (χ1) is 9.21. The molecule has 19 heavy (non-hydrogen) atoms. The highest BCUT2D eigenvalue weighted by Gasteiger charge is 2.17. The van der Waals surface area contributed by atoms with Crippen molar-refractivity contribution in [2.75, 3.05) is 0 Å². The molecular weight excluding hydrogens is 250 g/mol. The highest BCUT2D eigenvalue weighted by Crippen LogP contribution is 2.31. The Morgan fingerprint density at radius 2 is 1.68 bits per heavy atom. The summed E-state index contributed by atoms with van der Waals surface area (Å²) in [5, 5.41) is 2.10. The smallest absolute Gasteiger partial charge is 0.0651 e. The van der Waals surface area contributed by atoms with Gasteiger partial charge < -0.3 is 5.73 Å². The van der Waals surface area contributed by atoms with E-state index in [1.807, 2.05) is 0 Å². The van der Waals surface area contributed by atoms with Crippen molar-refractivity contribution < 1.29 is 0 Å². The zero-order valence-electron chi connectivity index (χ0n) is 12.1. The Morgan fingerprint density at radius 3 is 2.11 bits per heavy atom. The third-order valence-corrected chi connectivity index (χ3v) is 4.70. The fraction of sp³-hybridized carbons (Fsp3) is 0.412. The van der Waals surface area contributed by atoms with Gasteiger partial charge in [-0.05, 0) is 53.0 Å². The SMILES string of the molecule is CCc1cc(CC)c(C(N)c2cccs2)c(CC)c1. The molecule has 0 aliphatic carbocycles. The van der Waals surface area contributed by atoms with Gasteiger partial charge in [-0.25, -0.2) is 0 Å². The van der Waals surface area contributed by atoms with Crippen LogP contribution in [0, 0.1) is 0 Å². The number of nitrogens with two attached hydrogens (primary N) is 1. The fourth-order valence-electron chi connectivity index (χ4n) is 2.65. The van der Waals surface area contributed by atoms with Crippen LogP contribution in [0.4, 0.5) is 0 Å². The maximum Gasteiger partial charge on any atom is 0.0651 e. The predicted octanol–water partition coefficient (Wildman–Crippen LogP) is 4.48. The van der Waals surface area contributed by atoms with Crippen molar-refractivity contribution in [1.82, 2.24) is 0 Å². The van der Waals surface area contributed by atoms with Crippen molar-refractivity contribution in [3.8, 4) is 0 Å². The Kier molecular flexibility index (Phi) is 4.78. The van der Waals surface area contributed by atoms with E-state index in [0.29, 0.717) is 0 Å². The first-order valence-electron chi connectivity index (χ1n) is 7.14. The van der Waals surface area contributed by atoms with Gasteiger partial charge in [-0.15, -0.1) is 11.3 Å². The van der Waals surface area contributed by atoms with Crippen molar-refractivity contribution in [1.29, 1.82) is 0 Å². The van der Waals surface area contributed by atoms with Gasteiger partial charge in [0.05, 0.1) is 6.04 Å². The van der Waals surface area contributed by atoms with Gasteiger partial charge in [-0.1, -0.05) is 39.0 Å². The van der Waals surface area contributed by atoms with Crippen LogP contribution in [0.2, 0.25) is 0 Å². The summed E-state index contributed by atoms with van der Waals surface area (Å²) in [6.45, 7) is 6.66. The summed E-state index contributed by atoms with van der Waals surface area (Å²) >= 11 is 1.75. The summed E-state index contributed by atoms with van der Waals surface area (Å²) in [6.07, 6.45) is 3.19. The zero-order valence-corrected chi connectivity index (χ0v) is 12.9. The van der Waals surface area contributed by atoms with Crippen LogP contribution in [0.25, 0.3) is 0 Å². The molecule has 0 amide bonds. The molecule has 0 aliphatic heterocycles. The number of thiophene rings is 1. The Bertz CT molecular complexity index is 503. The second-order valence-electron chi connectivity index (χ2n) is 4.88. The molecule has 2 aromatic rings. The van der Waals surface area contributed by atoms with Crippen molar-refractivity contribution in [2.45, 2.75) is 46.1 Å². The maximum atomic E-state index is 6.52. The van der Waals surface area contributed by atoms with Crippen LogP contribution < -0.4 is 5.73 Å². The molecule has 0 fully saturated rings. The molecule has 0 saturated carbocycles. The number of rotatable bonds is 5. The lowest BCUT2D eigenvalue weighted by atomic mass is 9.89. The van der Waals surface area contributed by atoms with E-state index < -0.39 is 0 Å². The van der Waals surface area contributed by atoms with Gasteiger partial charge in [0, 0.05) is 4.88 Å². The molecule has 102 valence electrons. The largest absolute Gasteiger partial charge is 0.320 e. The van der Waals surface area contributed by atoms with Gasteiger partial charge in [0.15, 0.2) is 0 Å². The molecule has 0 saturated heterocycles. The third kappa shape index (κ3) is 2.90. The van der Waals surface area contributed by atoms with Crippen LogP contribution in [0.1, 0.15) is 53.9 Å². The van der Waals surface area contributed by atoms with Gasteiger partial charge in [-0.2, -0.15) is 0 Å². The van der Waals surface area contributed by atoms with E-state index >= 15 is 0 Å². The van der Waals surface area contributed by atoms with E-state index in [1.54, 1.807) is 11.3 Å². The summed E-state index contributed by atoms with van der Waals surface area (Å²) in [6, 6.07) is 8.92. The van der Waals surface area contributed by atoms with Crippen LogP contribution >= 0.6 is 11.3 Å². The van der Waals surface area contributed by atoms with E-state index in [0.717, 1.165) is 19.3 Å². The minimum absolute atomic E-state index is 0.0239. The monoisotopic (exact) mass is 273 g/mol. The van der Waals surface area contributed by atoms with Crippen LogP contribution in [-0.2, 0) is 19.3 Å². The van der Waals surface area contributed by atoms with E-state index in [-0.39, 0.29) is 6.04 Å². The van der Waals surface area contributed by atoms with Crippen LogP contribution in [-0.4, -0.2) is 0 Å². The van der Waals surface area contributed by atoms with Gasteiger partial charge in [0.2, 0.25) is 0 Å². The topological polar surface area (TPSA) is 26.0 Å². The maximum absolute atomic E-state index is 6.52. The number of aryl methyl sites for hydroxylation is 3. The lowest BCUT2D eigenvalue weighted by Gasteiger charge is -2.20. The molecule has 1 heterocycles. The van der Waals surface area contributed by atoms with Crippen LogP contribution in [0.3, 0.4) is 0 Å². The summed E-state index contributed by atoms with van der Waals surface area (Å²) in [4.78, 5) is 1.26. The summed E-state index contributed by atoms with van der Waals surface area (Å²) in [5.41, 5.74) is 12.1. The summed E-state index contributed by atoms with van der Waals surface area (Å²) in [5.74, 6) is 0. The minimum atomic E-state index is 0.0239. The standard InChI is InChI=1S/C17H23NS/c1-4-12-10-13(5-2)16(14(6-3)11-12)17(18)15-8-7-9-19-15/h7-11,17H,4-6,18H2,1-3H3. The lowest BCUT2D eigenvalue weighted by molar-refractivity contribution is 0.840. The van der Waals surface area contributed by atoms with E-state index in [1.165, 1.54) is 27.1 Å². The van der Waals surface area contributed by atoms with Crippen molar-refractivity contribution >= 4 is 11.3 Å². The van der Waals surface area contributed by atoms with E-state index in [4.69, 9.17) is 5.73 Å². The molecule has 1 aromatic carbocycles. The molecule has 0 spiro atoms. The second-order valence-corrected chi connectivity index (χ2v) is 5.86. The molecule has 1 nitrogen and oxygen atoms in total. The zero-order chi connectivity index (χ0) is 13.8. The average Bonchev–Trinajstić information content (AvgIpc) is 2.99. The Hall–Kier alpha value is -1.12. The quantitative estimate of drug-likeness (QED) is 0.854. The average molecular weight is 273 g/mol. The fourth-order valence-corrected chi connectivity index (χ4v) is 3.39. The molecular formula is C17H23NS. The van der Waals surface area contributed by atoms with Crippen LogP contribution in [0.15, 0.2) is 29.6 Å². The highest BCUT2D eigenvalue weighted by molar-refractivity contribution is 7.10. The van der Waals surface area contributed by atoms with Crippen molar-refractivity contribution in [3.63, 3.8) is 0 Å². The van der Waals surface area contributed by atoms with Gasteiger partial charge in [-0.3, -0.25) is 0 Å². The minimum Gasteiger partial charge on any atom is -0.320 e. The van der Waals surface area contributed by atoms with Crippen molar-refractivity contribution in [2.24, 2.45) is 5.73 Å². The van der Waals surface area contributed by atoms with Gasteiger partial charge >= 0.3 is 0 Å². The summed E-state index contributed by atoms with van der Waals surface area (Å²) < 4.78 is 0. The number of hydrogen-bond acceptors (Lipinski definition) is 2.